The summed E-state index contributed by atoms with van der Waals surface area (Å²) in [5.74, 6) is -0.946. The van der Waals surface area contributed by atoms with E-state index in [1.54, 1.807) is 17.8 Å². The van der Waals surface area contributed by atoms with E-state index in [0.29, 0.717) is 16.8 Å². The molecule has 0 unspecified atom stereocenters. The summed E-state index contributed by atoms with van der Waals surface area (Å²) in [6.45, 7) is 1.89. The van der Waals surface area contributed by atoms with Crippen LogP contribution >= 0.6 is 0 Å². The molecule has 2 amide bonds. The SMILES string of the molecule is C[C@H](C(=O)Nc1ccc(-c2ccnn2C)cc1)N1Cc2cc(F)ccc2C1=O. The van der Waals surface area contributed by atoms with Crippen molar-refractivity contribution < 1.29 is 14.0 Å². The van der Waals surface area contributed by atoms with Crippen LogP contribution in [0.25, 0.3) is 11.3 Å². The van der Waals surface area contributed by atoms with Gasteiger partial charge in [0, 0.05) is 31.0 Å². The van der Waals surface area contributed by atoms with Crippen molar-refractivity contribution in [3.8, 4) is 11.3 Å². The van der Waals surface area contributed by atoms with Gasteiger partial charge in [0.2, 0.25) is 5.91 Å². The van der Waals surface area contributed by atoms with Gasteiger partial charge in [-0.25, -0.2) is 4.39 Å². The van der Waals surface area contributed by atoms with Crippen LogP contribution in [0.2, 0.25) is 0 Å². The molecule has 0 saturated heterocycles. The maximum Gasteiger partial charge on any atom is 0.255 e. The van der Waals surface area contributed by atoms with Crippen LogP contribution in [-0.4, -0.2) is 32.5 Å². The lowest BCUT2D eigenvalue weighted by Gasteiger charge is -2.23. The van der Waals surface area contributed by atoms with Gasteiger partial charge in [-0.15, -0.1) is 0 Å². The van der Waals surface area contributed by atoms with E-state index in [0.717, 1.165) is 11.3 Å². The van der Waals surface area contributed by atoms with Crippen LogP contribution < -0.4 is 5.32 Å². The molecule has 1 N–H and O–H groups in total. The van der Waals surface area contributed by atoms with E-state index < -0.39 is 6.04 Å². The molecule has 0 spiro atoms. The summed E-state index contributed by atoms with van der Waals surface area (Å²) in [5.41, 5.74) is 3.64. The van der Waals surface area contributed by atoms with E-state index in [2.05, 4.69) is 10.4 Å². The molecule has 142 valence electrons. The molecule has 1 atom stereocenters. The number of hydrogen-bond acceptors (Lipinski definition) is 3. The highest BCUT2D eigenvalue weighted by Crippen LogP contribution is 2.26. The first-order valence-electron chi connectivity index (χ1n) is 8.93. The van der Waals surface area contributed by atoms with Crippen molar-refractivity contribution in [2.24, 2.45) is 7.05 Å². The Morgan fingerprint density at radius 2 is 1.93 bits per heavy atom. The van der Waals surface area contributed by atoms with Crippen LogP contribution in [0.1, 0.15) is 22.8 Å². The molecule has 0 fully saturated rings. The standard InChI is InChI=1S/C21H19FN4O2/c1-13(26-12-15-11-16(22)5-8-18(15)21(26)28)20(27)24-17-6-3-14(4-7-17)19-9-10-23-25(19)2/h3-11,13H,12H2,1-2H3,(H,24,27)/t13-/m1/s1. The minimum atomic E-state index is -0.681. The van der Waals surface area contributed by atoms with E-state index in [4.69, 9.17) is 0 Å². The van der Waals surface area contributed by atoms with Crippen LogP contribution in [0.4, 0.5) is 10.1 Å². The van der Waals surface area contributed by atoms with E-state index in [9.17, 15) is 14.0 Å². The van der Waals surface area contributed by atoms with Crippen LogP contribution in [0.15, 0.2) is 54.7 Å². The molecule has 3 aromatic rings. The average Bonchev–Trinajstić information content (AvgIpc) is 3.25. The Morgan fingerprint density at radius 1 is 1.18 bits per heavy atom. The molecular formula is C21H19FN4O2. The molecule has 28 heavy (non-hydrogen) atoms. The van der Waals surface area contributed by atoms with Crippen molar-refractivity contribution in [1.82, 2.24) is 14.7 Å². The predicted octanol–water partition coefficient (Wildman–Crippen LogP) is 3.21. The highest BCUT2D eigenvalue weighted by Gasteiger charge is 2.34. The van der Waals surface area contributed by atoms with Gasteiger partial charge in [0.1, 0.15) is 11.9 Å². The number of fused-ring (bicyclic) bond motifs is 1. The van der Waals surface area contributed by atoms with Crippen LogP contribution in [0.3, 0.4) is 0 Å². The van der Waals surface area contributed by atoms with Crippen LogP contribution in [0.5, 0.6) is 0 Å². The Labute approximate surface area is 161 Å². The molecule has 6 nitrogen and oxygen atoms in total. The largest absolute Gasteiger partial charge is 0.324 e. The van der Waals surface area contributed by atoms with Gasteiger partial charge >= 0.3 is 0 Å². The van der Waals surface area contributed by atoms with Crippen molar-refractivity contribution in [2.45, 2.75) is 19.5 Å². The lowest BCUT2D eigenvalue weighted by atomic mass is 10.1. The van der Waals surface area contributed by atoms with Gasteiger partial charge in [-0.05, 0) is 54.4 Å². The zero-order chi connectivity index (χ0) is 19.8. The van der Waals surface area contributed by atoms with Gasteiger partial charge < -0.3 is 10.2 Å². The number of nitrogens with zero attached hydrogens (tertiary/aromatic N) is 3. The monoisotopic (exact) mass is 378 g/mol. The fourth-order valence-corrected chi connectivity index (χ4v) is 3.39. The maximum absolute atomic E-state index is 13.4. The molecule has 0 saturated carbocycles. The third-order valence-electron chi connectivity index (χ3n) is 5.02. The number of nitrogens with one attached hydrogen (secondary N) is 1. The Kier molecular flexibility index (Phi) is 4.43. The predicted molar refractivity (Wildman–Crippen MR) is 103 cm³/mol. The van der Waals surface area contributed by atoms with Crippen LogP contribution in [-0.2, 0) is 18.4 Å². The number of carbonyl (C=O) groups is 2. The van der Waals surface area contributed by atoms with Gasteiger partial charge in [-0.3, -0.25) is 14.3 Å². The van der Waals surface area contributed by atoms with Crippen LogP contribution in [0, 0.1) is 5.82 Å². The fourth-order valence-electron chi connectivity index (χ4n) is 3.39. The number of benzene rings is 2. The number of anilines is 1. The smallest absolute Gasteiger partial charge is 0.255 e. The molecule has 2 aromatic carbocycles. The zero-order valence-corrected chi connectivity index (χ0v) is 15.5. The highest BCUT2D eigenvalue weighted by molar-refractivity contribution is 6.03. The molecule has 0 radical (unpaired) electrons. The second kappa shape index (κ2) is 6.92. The highest BCUT2D eigenvalue weighted by atomic mass is 19.1. The minimum Gasteiger partial charge on any atom is -0.324 e. The molecule has 0 aliphatic carbocycles. The second-order valence-corrected chi connectivity index (χ2v) is 6.82. The van der Waals surface area contributed by atoms with Gasteiger partial charge in [-0.1, -0.05) is 12.1 Å². The molecule has 1 aliphatic rings. The molecule has 4 rings (SSSR count). The van der Waals surface area contributed by atoms with Gasteiger partial charge in [-0.2, -0.15) is 5.10 Å². The molecule has 2 heterocycles. The number of hydrogen-bond donors (Lipinski definition) is 1. The Bertz CT molecular complexity index is 1060. The van der Waals surface area contributed by atoms with Gasteiger partial charge in [0.15, 0.2) is 0 Å². The number of halogens is 1. The van der Waals surface area contributed by atoms with E-state index in [-0.39, 0.29) is 24.2 Å². The number of aryl methyl sites for hydroxylation is 1. The summed E-state index contributed by atoms with van der Waals surface area (Å²) in [7, 11) is 1.86. The van der Waals surface area contributed by atoms with Gasteiger partial charge in [0.05, 0.1) is 5.69 Å². The summed E-state index contributed by atoms with van der Waals surface area (Å²) < 4.78 is 15.2. The minimum absolute atomic E-state index is 0.222. The molecule has 0 bridgehead atoms. The van der Waals surface area contributed by atoms with Crippen molar-refractivity contribution in [3.05, 3.63) is 71.7 Å². The third-order valence-corrected chi connectivity index (χ3v) is 5.02. The quantitative estimate of drug-likeness (QED) is 0.758. The lowest BCUT2D eigenvalue weighted by molar-refractivity contribution is -0.120. The fraction of sp³-hybridized carbons (Fsp3) is 0.190. The lowest BCUT2D eigenvalue weighted by Crippen LogP contribution is -2.42. The van der Waals surface area contributed by atoms with E-state index in [1.807, 2.05) is 37.4 Å². The Hall–Kier alpha value is -3.48. The molecular weight excluding hydrogens is 359 g/mol. The van der Waals surface area contributed by atoms with Crippen molar-refractivity contribution in [1.29, 1.82) is 0 Å². The van der Waals surface area contributed by atoms with Crippen molar-refractivity contribution in [2.75, 3.05) is 5.32 Å². The second-order valence-electron chi connectivity index (χ2n) is 6.82. The molecule has 7 heteroatoms. The number of aromatic nitrogens is 2. The van der Waals surface area contributed by atoms with Gasteiger partial charge in [0.25, 0.3) is 5.91 Å². The summed E-state index contributed by atoms with van der Waals surface area (Å²) in [4.78, 5) is 26.6. The first-order valence-corrected chi connectivity index (χ1v) is 8.93. The number of amides is 2. The Morgan fingerprint density at radius 3 is 2.61 bits per heavy atom. The zero-order valence-electron chi connectivity index (χ0n) is 15.5. The average molecular weight is 378 g/mol. The van der Waals surface area contributed by atoms with Crippen molar-refractivity contribution >= 4 is 17.5 Å². The third kappa shape index (κ3) is 3.15. The summed E-state index contributed by atoms with van der Waals surface area (Å²) in [6.07, 6.45) is 1.73. The van der Waals surface area contributed by atoms with Crippen molar-refractivity contribution in [3.63, 3.8) is 0 Å². The summed E-state index contributed by atoms with van der Waals surface area (Å²) >= 11 is 0. The first kappa shape index (κ1) is 17.9. The molecule has 1 aliphatic heterocycles. The van der Waals surface area contributed by atoms with E-state index >= 15 is 0 Å². The normalized spacial score (nSPS) is 14.1. The maximum atomic E-state index is 13.4. The summed E-state index contributed by atoms with van der Waals surface area (Å²) in [5, 5.41) is 6.98. The topological polar surface area (TPSA) is 67.2 Å². The summed E-state index contributed by atoms with van der Waals surface area (Å²) in [6, 6.07) is 12.7. The van der Waals surface area contributed by atoms with E-state index in [1.165, 1.54) is 23.1 Å². The number of rotatable bonds is 4. The first-order chi connectivity index (χ1) is 13.4. The number of carbonyl (C=O) groups excluding carboxylic acids is 2. The molecule has 1 aromatic heterocycles. The Balaban J connectivity index is 1.45.